The van der Waals surface area contributed by atoms with Crippen LogP contribution in [0.5, 0.6) is 5.75 Å². The Kier molecular flexibility index (Phi) is 6.39. The van der Waals surface area contributed by atoms with Gasteiger partial charge in [-0.15, -0.1) is 0 Å². The van der Waals surface area contributed by atoms with Crippen molar-refractivity contribution in [2.24, 2.45) is 11.8 Å². The lowest BCUT2D eigenvalue weighted by molar-refractivity contribution is -0.123. The number of phenolic OH excluding ortho intramolecular Hbond substituents is 1. The molecule has 1 aromatic rings. The summed E-state index contributed by atoms with van der Waals surface area (Å²) in [6.45, 7) is 5.79. The van der Waals surface area contributed by atoms with E-state index < -0.39 is 5.91 Å². The highest BCUT2D eigenvalue weighted by molar-refractivity contribution is 6.23. The number of hydrogen-bond acceptors (Lipinski definition) is 4. The predicted molar refractivity (Wildman–Crippen MR) is 101 cm³/mol. The first kappa shape index (κ1) is 19.5. The molecule has 1 heterocycles. The highest BCUT2D eigenvalue weighted by Crippen LogP contribution is 2.26. The van der Waals surface area contributed by atoms with Crippen molar-refractivity contribution in [3.63, 3.8) is 0 Å². The van der Waals surface area contributed by atoms with Gasteiger partial charge in [-0.25, -0.2) is 0 Å². The summed E-state index contributed by atoms with van der Waals surface area (Å²) >= 11 is 0. The number of Topliss-reactive ketones (excluding diaryl/α,β-unsaturated/α-hetero) is 1. The normalized spacial score (nSPS) is 18.4. The molecule has 5 heteroatoms. The topological polar surface area (TPSA) is 86.6 Å². The van der Waals surface area contributed by atoms with Crippen LogP contribution in [0, 0.1) is 11.8 Å². The fraction of sp³-hybridized carbons (Fsp3) is 0.333. The summed E-state index contributed by atoms with van der Waals surface area (Å²) in [5, 5.41) is 22.2. The Hall–Kier alpha value is -2.82. The van der Waals surface area contributed by atoms with Crippen LogP contribution in [0.2, 0.25) is 0 Å². The van der Waals surface area contributed by atoms with Crippen LogP contribution in [-0.4, -0.2) is 21.9 Å². The van der Waals surface area contributed by atoms with Gasteiger partial charge in [-0.1, -0.05) is 38.1 Å². The second-order valence-electron chi connectivity index (χ2n) is 6.74. The maximum absolute atomic E-state index is 12.7. The molecule has 2 atom stereocenters. The molecule has 2 rings (SSSR count). The molecular weight excluding hydrogens is 330 g/mol. The molecule has 1 aromatic carbocycles. The molecule has 1 aliphatic rings. The monoisotopic (exact) mass is 355 g/mol. The van der Waals surface area contributed by atoms with Gasteiger partial charge in [-0.3, -0.25) is 9.59 Å². The van der Waals surface area contributed by atoms with Crippen LogP contribution in [0.15, 0.2) is 53.4 Å². The van der Waals surface area contributed by atoms with Crippen molar-refractivity contribution in [3.05, 3.63) is 59.0 Å². The lowest BCUT2D eigenvalue weighted by Crippen LogP contribution is -2.24. The maximum atomic E-state index is 12.7. The van der Waals surface area contributed by atoms with E-state index in [1.54, 1.807) is 25.1 Å². The molecule has 3 N–H and O–H groups in total. The number of aliphatic hydroxyl groups is 1. The smallest absolute Gasteiger partial charge is 0.263 e. The van der Waals surface area contributed by atoms with E-state index in [1.165, 1.54) is 12.1 Å². The highest BCUT2D eigenvalue weighted by atomic mass is 16.3. The van der Waals surface area contributed by atoms with E-state index >= 15 is 0 Å². The number of benzene rings is 1. The maximum Gasteiger partial charge on any atom is 0.263 e. The number of allylic oxidation sites excluding steroid dienone is 2. The Morgan fingerprint density at radius 1 is 1.19 bits per heavy atom. The van der Waals surface area contributed by atoms with Crippen LogP contribution in [0.4, 0.5) is 0 Å². The van der Waals surface area contributed by atoms with Crippen LogP contribution in [0.25, 0.3) is 6.08 Å². The van der Waals surface area contributed by atoms with Crippen LogP contribution in [-0.2, 0) is 9.59 Å². The average molecular weight is 355 g/mol. The Labute approximate surface area is 153 Å². The molecule has 0 aromatic heterocycles. The van der Waals surface area contributed by atoms with Gasteiger partial charge in [0.1, 0.15) is 11.3 Å². The minimum absolute atomic E-state index is 0.124. The Morgan fingerprint density at radius 2 is 1.85 bits per heavy atom. The van der Waals surface area contributed by atoms with Crippen LogP contribution in [0.3, 0.4) is 0 Å². The molecule has 0 saturated heterocycles. The summed E-state index contributed by atoms with van der Waals surface area (Å²) in [5.41, 5.74) is 0.699. The molecule has 5 nitrogen and oxygen atoms in total. The van der Waals surface area contributed by atoms with E-state index in [1.807, 2.05) is 13.0 Å². The van der Waals surface area contributed by atoms with Crippen LogP contribution < -0.4 is 5.32 Å². The molecule has 1 aliphatic heterocycles. The van der Waals surface area contributed by atoms with Gasteiger partial charge in [0.25, 0.3) is 5.91 Å². The number of aliphatic hydroxyl groups excluding tert-OH is 1. The zero-order valence-electron chi connectivity index (χ0n) is 15.3. The molecule has 0 aliphatic carbocycles. The third-order valence-corrected chi connectivity index (χ3v) is 4.40. The minimum atomic E-state index is -0.578. The number of hydrogen-bond donors (Lipinski definition) is 3. The van der Waals surface area contributed by atoms with Crippen molar-refractivity contribution < 1.29 is 19.8 Å². The minimum Gasteiger partial charge on any atom is -0.508 e. The molecule has 0 saturated carbocycles. The van der Waals surface area contributed by atoms with Gasteiger partial charge in [0.15, 0.2) is 11.5 Å². The van der Waals surface area contributed by atoms with E-state index in [2.05, 4.69) is 18.3 Å². The SMILES string of the molecule is CC=CC[C@H](C)C[C@H](C)C(=O)C1=C(O)C(=Cc2ccc(O)cc2)NC1=O. The van der Waals surface area contributed by atoms with Crippen LogP contribution >= 0.6 is 0 Å². The summed E-state index contributed by atoms with van der Waals surface area (Å²) in [6.07, 6.45) is 7.11. The summed E-state index contributed by atoms with van der Waals surface area (Å²) in [7, 11) is 0. The number of ketones is 1. The molecule has 138 valence electrons. The zero-order valence-corrected chi connectivity index (χ0v) is 15.3. The Morgan fingerprint density at radius 3 is 2.46 bits per heavy atom. The van der Waals surface area contributed by atoms with Gasteiger partial charge in [0.2, 0.25) is 0 Å². The molecule has 0 radical (unpaired) electrons. The van der Waals surface area contributed by atoms with Crippen molar-refractivity contribution >= 4 is 17.8 Å². The van der Waals surface area contributed by atoms with Crippen molar-refractivity contribution in [2.75, 3.05) is 0 Å². The third-order valence-electron chi connectivity index (χ3n) is 4.40. The van der Waals surface area contributed by atoms with E-state index in [-0.39, 0.29) is 34.5 Å². The van der Waals surface area contributed by atoms with Crippen molar-refractivity contribution in [3.8, 4) is 5.75 Å². The van der Waals surface area contributed by atoms with E-state index in [0.717, 1.165) is 6.42 Å². The summed E-state index contributed by atoms with van der Waals surface area (Å²) < 4.78 is 0. The second-order valence-corrected chi connectivity index (χ2v) is 6.74. The molecule has 1 amide bonds. The summed E-state index contributed by atoms with van der Waals surface area (Å²) in [4.78, 5) is 24.9. The molecule has 26 heavy (non-hydrogen) atoms. The van der Waals surface area contributed by atoms with E-state index in [4.69, 9.17) is 0 Å². The van der Waals surface area contributed by atoms with Gasteiger partial charge < -0.3 is 15.5 Å². The summed E-state index contributed by atoms with van der Waals surface area (Å²) in [6, 6.07) is 6.30. The summed E-state index contributed by atoms with van der Waals surface area (Å²) in [5.74, 6) is -1.16. The first-order valence-corrected chi connectivity index (χ1v) is 8.74. The first-order valence-electron chi connectivity index (χ1n) is 8.74. The number of phenols is 1. The third kappa shape index (κ3) is 4.63. The lowest BCUT2D eigenvalue weighted by Gasteiger charge is -2.15. The molecular formula is C21H25NO4. The molecule has 0 spiro atoms. The van der Waals surface area contributed by atoms with Gasteiger partial charge in [-0.05, 0) is 49.5 Å². The lowest BCUT2D eigenvalue weighted by atomic mass is 9.88. The van der Waals surface area contributed by atoms with Crippen molar-refractivity contribution in [1.82, 2.24) is 5.32 Å². The van der Waals surface area contributed by atoms with Gasteiger partial charge in [0.05, 0.1) is 5.70 Å². The molecule has 0 bridgehead atoms. The fourth-order valence-electron chi connectivity index (χ4n) is 2.98. The number of carbonyl (C=O) groups excluding carboxylic acids is 2. The first-order chi connectivity index (χ1) is 12.3. The number of nitrogens with one attached hydrogen (secondary N) is 1. The Bertz CT molecular complexity index is 772. The quantitative estimate of drug-likeness (QED) is 0.512. The van der Waals surface area contributed by atoms with Gasteiger partial charge in [0, 0.05) is 5.92 Å². The average Bonchev–Trinajstić information content (AvgIpc) is 2.88. The Balaban J connectivity index is 2.18. The van der Waals surface area contributed by atoms with Crippen LogP contribution in [0.1, 0.15) is 39.2 Å². The largest absolute Gasteiger partial charge is 0.508 e. The highest BCUT2D eigenvalue weighted by Gasteiger charge is 2.34. The van der Waals surface area contributed by atoms with Gasteiger partial charge >= 0.3 is 0 Å². The number of carbonyl (C=O) groups is 2. The number of aromatic hydroxyl groups is 1. The molecule has 0 fully saturated rings. The van der Waals surface area contributed by atoms with E-state index in [9.17, 15) is 19.8 Å². The second kappa shape index (κ2) is 8.52. The number of rotatable bonds is 7. The fourth-order valence-corrected chi connectivity index (χ4v) is 2.98. The van der Waals surface area contributed by atoms with Gasteiger partial charge in [-0.2, -0.15) is 0 Å². The number of amides is 1. The molecule has 0 unspecified atom stereocenters. The predicted octanol–water partition coefficient (Wildman–Crippen LogP) is 3.87. The zero-order chi connectivity index (χ0) is 19.3. The van der Waals surface area contributed by atoms with Crippen molar-refractivity contribution in [2.45, 2.75) is 33.6 Å². The van der Waals surface area contributed by atoms with Crippen molar-refractivity contribution in [1.29, 1.82) is 0 Å². The van der Waals surface area contributed by atoms with E-state index in [0.29, 0.717) is 17.9 Å². The standard InChI is InChI=1S/C21H25NO4/c1-4-5-6-13(2)11-14(3)19(24)18-20(25)17(22-21(18)26)12-15-7-9-16(23)10-8-15/h4-5,7-10,12-14,23,25H,6,11H2,1-3H3,(H,22,26)/t13-,14-/m0/s1.